The van der Waals surface area contributed by atoms with Crippen LogP contribution in [0.3, 0.4) is 0 Å². The molecule has 1 saturated heterocycles. The van der Waals surface area contributed by atoms with E-state index in [9.17, 15) is 34.0 Å². The number of aromatic nitrogens is 2. The van der Waals surface area contributed by atoms with Crippen molar-refractivity contribution < 1.29 is 47.5 Å². The van der Waals surface area contributed by atoms with Crippen molar-refractivity contribution in [2.45, 2.75) is 70.5 Å². The van der Waals surface area contributed by atoms with E-state index in [1.807, 2.05) is 4.98 Å². The van der Waals surface area contributed by atoms with Gasteiger partial charge in [-0.2, -0.15) is 0 Å². The summed E-state index contributed by atoms with van der Waals surface area (Å²) in [4.78, 5) is 49.5. The molecule has 1 aromatic rings. The molecule has 0 bridgehead atoms. The summed E-state index contributed by atoms with van der Waals surface area (Å²) in [5, 5.41) is 25.9. The van der Waals surface area contributed by atoms with Gasteiger partial charge >= 0.3 is 25.3 Å². The molecular weight excluding hydrogens is 522 g/mol. The SMILES string of the molecule is CCOC(=O)C(C)NP(=O)(NC(C)C(=O)OCC)OC[C@@]1(F)O[C@H](n2ccc(=O)[nH]c2=O)C(C)(O)[C@@H]1O. The molecule has 1 fully saturated rings. The molecule has 0 amide bonds. The zero-order valence-corrected chi connectivity index (χ0v) is 21.8. The van der Waals surface area contributed by atoms with Crippen molar-refractivity contribution in [3.05, 3.63) is 33.1 Å². The van der Waals surface area contributed by atoms with E-state index >= 15 is 4.39 Å². The molecule has 0 aromatic carbocycles. The normalized spacial score (nSPS) is 28.8. The number of alkyl halides is 1. The van der Waals surface area contributed by atoms with Crippen molar-refractivity contribution in [3.8, 4) is 0 Å². The molecule has 6 atom stereocenters. The summed E-state index contributed by atoms with van der Waals surface area (Å²) >= 11 is 0. The molecule has 210 valence electrons. The van der Waals surface area contributed by atoms with Crippen molar-refractivity contribution in [1.29, 1.82) is 0 Å². The van der Waals surface area contributed by atoms with Crippen molar-refractivity contribution in [2.24, 2.45) is 0 Å². The Hall–Kier alpha value is -2.46. The number of halogens is 1. The molecule has 2 heterocycles. The number of hydrogen-bond donors (Lipinski definition) is 5. The van der Waals surface area contributed by atoms with Gasteiger partial charge in [0.15, 0.2) is 6.23 Å². The Kier molecular flexibility index (Phi) is 9.93. The van der Waals surface area contributed by atoms with Gasteiger partial charge in [0.2, 0.25) is 0 Å². The average Bonchev–Trinajstić information content (AvgIpc) is 2.98. The Bertz CT molecular complexity index is 1110. The summed E-state index contributed by atoms with van der Waals surface area (Å²) in [5.41, 5.74) is -4.25. The maximum absolute atomic E-state index is 15.8. The Morgan fingerprint density at radius 2 is 1.73 bits per heavy atom. The van der Waals surface area contributed by atoms with Gasteiger partial charge in [-0.05, 0) is 34.6 Å². The van der Waals surface area contributed by atoms with Crippen LogP contribution in [0.4, 0.5) is 4.39 Å². The minimum Gasteiger partial charge on any atom is -0.465 e. The zero-order valence-electron chi connectivity index (χ0n) is 20.9. The number of nitrogens with one attached hydrogen (secondary N) is 3. The van der Waals surface area contributed by atoms with Gasteiger partial charge in [0, 0.05) is 12.3 Å². The van der Waals surface area contributed by atoms with Crippen LogP contribution in [0.5, 0.6) is 0 Å². The lowest BCUT2D eigenvalue weighted by Gasteiger charge is -2.30. The number of aliphatic hydroxyl groups excluding tert-OH is 1. The van der Waals surface area contributed by atoms with Crippen molar-refractivity contribution >= 4 is 19.6 Å². The fourth-order valence-corrected chi connectivity index (χ4v) is 5.26. The highest BCUT2D eigenvalue weighted by molar-refractivity contribution is 7.54. The summed E-state index contributed by atoms with van der Waals surface area (Å²) < 4.78 is 50.0. The third-order valence-corrected chi connectivity index (χ3v) is 7.27. The molecule has 1 aliphatic heterocycles. The van der Waals surface area contributed by atoms with Crippen molar-refractivity contribution in [2.75, 3.05) is 19.8 Å². The van der Waals surface area contributed by atoms with Crippen LogP contribution in [-0.2, 0) is 32.9 Å². The summed E-state index contributed by atoms with van der Waals surface area (Å²) in [7, 11) is -4.49. The summed E-state index contributed by atoms with van der Waals surface area (Å²) in [6.07, 6.45) is -3.25. The van der Waals surface area contributed by atoms with Crippen molar-refractivity contribution in [3.63, 3.8) is 0 Å². The summed E-state index contributed by atoms with van der Waals surface area (Å²) in [6.45, 7) is 5.34. The molecule has 0 radical (unpaired) electrons. The highest BCUT2D eigenvalue weighted by Crippen LogP contribution is 2.48. The number of nitrogens with zero attached hydrogens (tertiary/aromatic N) is 1. The lowest BCUT2D eigenvalue weighted by atomic mass is 9.95. The predicted molar refractivity (Wildman–Crippen MR) is 124 cm³/mol. The van der Waals surface area contributed by atoms with E-state index in [0.29, 0.717) is 4.57 Å². The molecule has 17 heteroatoms. The highest BCUT2D eigenvalue weighted by Gasteiger charge is 2.63. The van der Waals surface area contributed by atoms with Crippen LogP contribution in [0, 0.1) is 0 Å². The Morgan fingerprint density at radius 3 is 2.19 bits per heavy atom. The molecule has 0 saturated carbocycles. The molecular formula is C20H32FN4O11P. The van der Waals surface area contributed by atoms with E-state index in [1.165, 1.54) is 13.8 Å². The molecule has 1 aliphatic rings. The van der Waals surface area contributed by atoms with Gasteiger partial charge in [-0.25, -0.2) is 19.4 Å². The van der Waals surface area contributed by atoms with E-state index in [4.69, 9.17) is 18.7 Å². The van der Waals surface area contributed by atoms with Crippen LogP contribution in [0.15, 0.2) is 21.9 Å². The standard InChI is InChI=1S/C20H32FN4O11P/c1-6-33-14(27)11(3)23-37(32,24-12(4)15(28)34-7-2)35-10-20(21)16(29)19(5,31)17(36-20)25-9-8-13(26)22-18(25)30/h8-9,11-12,16-17,29,31H,6-7,10H2,1-5H3,(H,22,26,30)(H2,23,24,32)/t11?,12?,16-,17-,19?,20+,37?/m0/s1. The smallest absolute Gasteiger partial charge is 0.342 e. The van der Waals surface area contributed by atoms with Crippen LogP contribution in [0.1, 0.15) is 40.8 Å². The van der Waals surface area contributed by atoms with Gasteiger partial charge in [0.1, 0.15) is 30.4 Å². The Morgan fingerprint density at radius 1 is 1.22 bits per heavy atom. The first-order chi connectivity index (χ1) is 17.1. The lowest BCUT2D eigenvalue weighted by Crippen LogP contribution is -2.50. The average molecular weight is 554 g/mol. The summed E-state index contributed by atoms with van der Waals surface area (Å²) in [5.74, 6) is -4.91. The van der Waals surface area contributed by atoms with Gasteiger partial charge in [-0.15, -0.1) is 0 Å². The number of carbonyl (C=O) groups is 2. The van der Waals surface area contributed by atoms with E-state index in [2.05, 4.69) is 10.2 Å². The first kappa shape index (κ1) is 30.8. The van der Waals surface area contributed by atoms with Crippen LogP contribution in [0.25, 0.3) is 0 Å². The molecule has 1 aromatic heterocycles. The minimum atomic E-state index is -4.49. The minimum absolute atomic E-state index is 0.0108. The van der Waals surface area contributed by atoms with Gasteiger partial charge in [0.05, 0.1) is 13.2 Å². The third kappa shape index (κ3) is 7.10. The van der Waals surface area contributed by atoms with Crippen LogP contribution in [0.2, 0.25) is 0 Å². The largest absolute Gasteiger partial charge is 0.465 e. The van der Waals surface area contributed by atoms with Crippen LogP contribution in [-0.4, -0.2) is 81.2 Å². The lowest BCUT2D eigenvalue weighted by molar-refractivity contribution is -0.203. The summed E-state index contributed by atoms with van der Waals surface area (Å²) in [6, 6.07) is -1.60. The molecule has 0 spiro atoms. The number of aliphatic hydroxyl groups is 2. The van der Waals surface area contributed by atoms with E-state index in [-0.39, 0.29) is 13.2 Å². The monoisotopic (exact) mass is 554 g/mol. The Balaban J connectivity index is 2.32. The second-order valence-electron chi connectivity index (χ2n) is 8.43. The van der Waals surface area contributed by atoms with Gasteiger partial charge in [-0.3, -0.25) is 33.0 Å². The second kappa shape index (κ2) is 11.9. The fourth-order valence-electron chi connectivity index (χ4n) is 3.44. The third-order valence-electron chi connectivity index (χ3n) is 5.32. The number of ether oxygens (including phenoxy) is 3. The quantitative estimate of drug-likeness (QED) is 0.156. The van der Waals surface area contributed by atoms with Crippen LogP contribution < -0.4 is 21.4 Å². The van der Waals surface area contributed by atoms with Gasteiger partial charge in [-0.1, -0.05) is 0 Å². The molecule has 15 nitrogen and oxygen atoms in total. The number of carbonyl (C=O) groups excluding carboxylic acids is 2. The Labute approximate surface area is 210 Å². The maximum Gasteiger partial charge on any atom is 0.342 e. The number of rotatable bonds is 12. The van der Waals surface area contributed by atoms with E-state index in [1.54, 1.807) is 13.8 Å². The molecule has 0 aliphatic carbocycles. The molecule has 5 N–H and O–H groups in total. The van der Waals surface area contributed by atoms with Crippen LogP contribution >= 0.6 is 7.67 Å². The number of aromatic amines is 1. The zero-order chi connectivity index (χ0) is 28.2. The van der Waals surface area contributed by atoms with E-state index in [0.717, 1.165) is 19.2 Å². The first-order valence-electron chi connectivity index (χ1n) is 11.3. The maximum atomic E-state index is 15.8. The predicted octanol–water partition coefficient (Wildman–Crippen LogP) is -0.950. The highest BCUT2D eigenvalue weighted by atomic mass is 31.2. The fraction of sp³-hybridized carbons (Fsp3) is 0.700. The molecule has 3 unspecified atom stereocenters. The molecule has 37 heavy (non-hydrogen) atoms. The number of hydrogen-bond acceptors (Lipinski definition) is 11. The van der Waals surface area contributed by atoms with E-state index < -0.39 is 73.3 Å². The molecule has 2 rings (SSSR count). The second-order valence-corrected chi connectivity index (χ2v) is 10.3. The number of esters is 2. The topological polar surface area (TPSA) is 208 Å². The van der Waals surface area contributed by atoms with Gasteiger partial charge < -0.3 is 24.4 Å². The first-order valence-corrected chi connectivity index (χ1v) is 12.9. The van der Waals surface area contributed by atoms with Crippen molar-refractivity contribution in [1.82, 2.24) is 19.7 Å². The number of H-pyrrole nitrogens is 1. The van der Waals surface area contributed by atoms with Gasteiger partial charge in [0.25, 0.3) is 11.4 Å².